The second-order valence-corrected chi connectivity index (χ2v) is 12.1. The number of H-pyrrole nitrogens is 1. The van der Waals surface area contributed by atoms with Crippen LogP contribution in [0.1, 0.15) is 69.2 Å². The summed E-state index contributed by atoms with van der Waals surface area (Å²) in [5, 5.41) is 4.17. The maximum atomic E-state index is 13.2. The molecular formula is C34H40F3N3O. The number of allylic oxidation sites excluding steroid dienone is 4. The van der Waals surface area contributed by atoms with E-state index in [0.29, 0.717) is 12.3 Å². The number of para-hydroxylation sites is 1. The first-order chi connectivity index (χ1) is 19.5. The van der Waals surface area contributed by atoms with Gasteiger partial charge in [-0.25, -0.2) is 0 Å². The van der Waals surface area contributed by atoms with Gasteiger partial charge in [0.05, 0.1) is 5.57 Å². The number of hydrogen-bond donors (Lipinski definition) is 2. The molecule has 1 saturated heterocycles. The molecule has 218 valence electrons. The van der Waals surface area contributed by atoms with E-state index < -0.39 is 17.2 Å². The molecule has 2 heterocycles. The quantitative estimate of drug-likeness (QED) is 0.290. The summed E-state index contributed by atoms with van der Waals surface area (Å²) in [4.78, 5) is 18.2. The summed E-state index contributed by atoms with van der Waals surface area (Å²) < 4.78 is 39.7. The van der Waals surface area contributed by atoms with Crippen LogP contribution < -0.4 is 5.32 Å². The number of nitrogens with one attached hydrogen (secondary N) is 2. The molecule has 4 nitrogen and oxygen atoms in total. The monoisotopic (exact) mass is 563 g/mol. The van der Waals surface area contributed by atoms with Crippen LogP contribution in [0.15, 0.2) is 72.3 Å². The zero-order valence-electron chi connectivity index (χ0n) is 24.2. The van der Waals surface area contributed by atoms with Crippen molar-refractivity contribution >= 4 is 22.5 Å². The molecule has 1 fully saturated rings. The number of piperidine rings is 1. The van der Waals surface area contributed by atoms with Crippen molar-refractivity contribution in [3.8, 4) is 0 Å². The Morgan fingerprint density at radius 1 is 1.12 bits per heavy atom. The van der Waals surface area contributed by atoms with E-state index in [1.165, 1.54) is 23.3 Å². The van der Waals surface area contributed by atoms with Gasteiger partial charge in [0.15, 0.2) is 0 Å². The Hall–Kier alpha value is -3.32. The molecular weight excluding hydrogens is 523 g/mol. The van der Waals surface area contributed by atoms with Gasteiger partial charge in [-0.2, -0.15) is 13.2 Å². The number of carbonyl (C=O) groups excluding carboxylic acids is 1. The number of amides is 1. The number of likely N-dealkylation sites (tertiary alicyclic amines) is 1. The van der Waals surface area contributed by atoms with Crippen molar-refractivity contribution in [1.29, 1.82) is 0 Å². The van der Waals surface area contributed by atoms with E-state index in [1.807, 2.05) is 51.1 Å². The molecule has 1 atom stereocenters. The highest BCUT2D eigenvalue weighted by atomic mass is 19.4. The van der Waals surface area contributed by atoms with Crippen LogP contribution in [0.4, 0.5) is 18.9 Å². The maximum absolute atomic E-state index is 13.2. The summed E-state index contributed by atoms with van der Waals surface area (Å²) in [6.07, 6.45) is 4.29. The number of aromatic nitrogens is 1. The lowest BCUT2D eigenvalue weighted by Gasteiger charge is -2.32. The number of alkyl halides is 3. The van der Waals surface area contributed by atoms with Crippen molar-refractivity contribution in [2.45, 2.75) is 70.4 Å². The Labute approximate surface area is 240 Å². The molecule has 0 spiro atoms. The van der Waals surface area contributed by atoms with Crippen molar-refractivity contribution in [1.82, 2.24) is 9.88 Å². The van der Waals surface area contributed by atoms with Gasteiger partial charge in [0.25, 0.3) is 0 Å². The first kappa shape index (κ1) is 29.2. The van der Waals surface area contributed by atoms with Gasteiger partial charge in [0.1, 0.15) is 0 Å². The SMILES string of the molecule is CC(C)C(=O)Nc1cccc(C2CCN(CCCc3c(C4(C)C=CC(C(F)(F)F)=CC4)[nH]c4ccccc34)CC2)c1. The Morgan fingerprint density at radius 3 is 2.56 bits per heavy atom. The highest BCUT2D eigenvalue weighted by Gasteiger charge is 2.37. The van der Waals surface area contributed by atoms with E-state index in [1.54, 1.807) is 6.08 Å². The number of anilines is 1. The van der Waals surface area contributed by atoms with Gasteiger partial charge in [0.2, 0.25) is 5.91 Å². The minimum Gasteiger partial charge on any atom is -0.357 e. The average molecular weight is 564 g/mol. The molecule has 1 aromatic heterocycles. The van der Waals surface area contributed by atoms with Crippen LogP contribution in [0.25, 0.3) is 10.9 Å². The van der Waals surface area contributed by atoms with E-state index in [0.717, 1.165) is 67.6 Å². The molecule has 5 rings (SSSR count). The van der Waals surface area contributed by atoms with Crippen molar-refractivity contribution in [3.05, 3.63) is 89.2 Å². The minimum atomic E-state index is -4.32. The number of aromatic amines is 1. The summed E-state index contributed by atoms with van der Waals surface area (Å²) in [6.45, 7) is 8.85. The lowest BCUT2D eigenvalue weighted by Crippen LogP contribution is -2.34. The van der Waals surface area contributed by atoms with Gasteiger partial charge in [-0.05, 0) is 87.0 Å². The number of fused-ring (bicyclic) bond motifs is 1. The summed E-state index contributed by atoms with van der Waals surface area (Å²) in [5.41, 5.74) is 4.34. The lowest BCUT2D eigenvalue weighted by atomic mass is 9.77. The molecule has 41 heavy (non-hydrogen) atoms. The van der Waals surface area contributed by atoms with Gasteiger partial charge in [-0.15, -0.1) is 0 Å². The Kier molecular flexibility index (Phi) is 8.46. The predicted octanol–water partition coefficient (Wildman–Crippen LogP) is 8.28. The van der Waals surface area contributed by atoms with Gasteiger partial charge in [0, 0.05) is 33.6 Å². The van der Waals surface area contributed by atoms with E-state index in [2.05, 4.69) is 33.4 Å². The normalized spacial score (nSPS) is 20.5. The fourth-order valence-corrected chi connectivity index (χ4v) is 6.20. The fraction of sp³-hybridized carbons (Fsp3) is 0.441. The van der Waals surface area contributed by atoms with Crippen LogP contribution in [-0.2, 0) is 16.6 Å². The molecule has 2 aromatic carbocycles. The van der Waals surface area contributed by atoms with Gasteiger partial charge < -0.3 is 15.2 Å². The third kappa shape index (κ3) is 6.61. The molecule has 1 aliphatic carbocycles. The van der Waals surface area contributed by atoms with Gasteiger partial charge >= 0.3 is 6.18 Å². The standard InChI is InChI=1S/C34H40F3N3O/c1-23(2)32(41)38-27-9-6-8-25(22-27)24-15-20-40(21-16-24)19-7-11-29-28-10-4-5-12-30(28)39-31(29)33(3)17-13-26(14-18-33)34(35,36)37/h4-6,8-10,12-14,17,22-24,39H,7,11,15-16,18-21H2,1-3H3,(H,38,41). The lowest BCUT2D eigenvalue weighted by molar-refractivity contribution is -0.118. The zero-order valence-corrected chi connectivity index (χ0v) is 24.2. The molecule has 3 aromatic rings. The summed E-state index contributed by atoms with van der Waals surface area (Å²) in [6, 6.07) is 16.4. The van der Waals surface area contributed by atoms with Crippen molar-refractivity contribution < 1.29 is 18.0 Å². The predicted molar refractivity (Wildman–Crippen MR) is 160 cm³/mol. The van der Waals surface area contributed by atoms with E-state index >= 15 is 0 Å². The molecule has 1 unspecified atom stereocenters. The van der Waals surface area contributed by atoms with Gasteiger partial charge in [-0.1, -0.05) is 69.3 Å². The second-order valence-electron chi connectivity index (χ2n) is 12.1. The Morgan fingerprint density at radius 2 is 1.88 bits per heavy atom. The van der Waals surface area contributed by atoms with Crippen LogP contribution >= 0.6 is 0 Å². The second kappa shape index (κ2) is 11.9. The number of aryl methyl sites for hydroxylation is 1. The number of benzene rings is 2. The Balaban J connectivity index is 1.21. The molecule has 0 saturated carbocycles. The summed E-state index contributed by atoms with van der Waals surface area (Å²) >= 11 is 0. The molecule has 0 radical (unpaired) electrons. The first-order valence-corrected chi connectivity index (χ1v) is 14.7. The van der Waals surface area contributed by atoms with Crippen molar-refractivity contribution in [3.63, 3.8) is 0 Å². The average Bonchev–Trinajstić information content (AvgIpc) is 3.33. The van der Waals surface area contributed by atoms with E-state index in [4.69, 9.17) is 0 Å². The molecule has 0 bridgehead atoms. The third-order valence-corrected chi connectivity index (χ3v) is 8.73. The third-order valence-electron chi connectivity index (χ3n) is 8.73. The number of carbonyl (C=O) groups is 1. The zero-order chi connectivity index (χ0) is 29.2. The molecule has 1 amide bonds. The number of hydrogen-bond acceptors (Lipinski definition) is 2. The number of rotatable bonds is 8. The van der Waals surface area contributed by atoms with E-state index in [9.17, 15) is 18.0 Å². The molecule has 2 aliphatic rings. The Bertz CT molecular complexity index is 1440. The van der Waals surface area contributed by atoms with Gasteiger partial charge in [-0.3, -0.25) is 4.79 Å². The largest absolute Gasteiger partial charge is 0.416 e. The smallest absolute Gasteiger partial charge is 0.357 e. The minimum absolute atomic E-state index is 0.0337. The van der Waals surface area contributed by atoms with Crippen LogP contribution in [-0.4, -0.2) is 41.6 Å². The highest BCUT2D eigenvalue weighted by molar-refractivity contribution is 5.92. The molecule has 7 heteroatoms. The molecule has 1 aliphatic heterocycles. The summed E-state index contributed by atoms with van der Waals surface area (Å²) in [7, 11) is 0. The van der Waals surface area contributed by atoms with Crippen LogP contribution in [0.5, 0.6) is 0 Å². The van der Waals surface area contributed by atoms with E-state index in [-0.39, 0.29) is 11.8 Å². The number of nitrogens with zero attached hydrogens (tertiary/aromatic N) is 1. The molecule has 2 N–H and O–H groups in total. The fourth-order valence-electron chi connectivity index (χ4n) is 6.20. The van der Waals surface area contributed by atoms with Crippen molar-refractivity contribution in [2.24, 2.45) is 5.92 Å². The van der Waals surface area contributed by atoms with Crippen LogP contribution in [0.3, 0.4) is 0 Å². The maximum Gasteiger partial charge on any atom is 0.416 e. The highest BCUT2D eigenvalue weighted by Crippen LogP contribution is 2.41. The number of halogens is 3. The van der Waals surface area contributed by atoms with Crippen LogP contribution in [0.2, 0.25) is 0 Å². The summed E-state index contributed by atoms with van der Waals surface area (Å²) in [5.74, 6) is 0.463. The topological polar surface area (TPSA) is 48.1 Å². The first-order valence-electron chi connectivity index (χ1n) is 14.7. The van der Waals surface area contributed by atoms with Crippen LogP contribution in [0, 0.1) is 5.92 Å². The van der Waals surface area contributed by atoms with Crippen molar-refractivity contribution in [2.75, 3.05) is 25.0 Å².